The first-order valence-corrected chi connectivity index (χ1v) is 8.48. The van der Waals surface area contributed by atoms with Gasteiger partial charge in [-0.25, -0.2) is 9.59 Å². The summed E-state index contributed by atoms with van der Waals surface area (Å²) in [6.07, 6.45) is 0. The highest BCUT2D eigenvalue weighted by Crippen LogP contribution is 2.50. The highest BCUT2D eigenvalue weighted by atomic mass is 32.2. The second-order valence-corrected chi connectivity index (χ2v) is 6.99. The quantitative estimate of drug-likeness (QED) is 0.408. The van der Waals surface area contributed by atoms with Crippen LogP contribution in [0.5, 0.6) is 0 Å². The summed E-state index contributed by atoms with van der Waals surface area (Å²) in [4.78, 5) is 26.4. The molecule has 0 radical (unpaired) electrons. The molecular formula is C19H16O4S. The van der Waals surface area contributed by atoms with E-state index in [4.69, 9.17) is 9.47 Å². The lowest BCUT2D eigenvalue weighted by Gasteiger charge is -2.26. The standard InChI is InChI=1S/C19H16O4S/c1-12-13-8-4-6-10-15(13)24(16-11-7-5-9-14(12)16)17(18(20)22-2)19(21)23-3/h4-11H,1H2,2-3H3. The fourth-order valence-electron chi connectivity index (χ4n) is 2.71. The Bertz CT molecular complexity index is 826. The smallest absolute Gasteiger partial charge is 0.351 e. The number of benzene rings is 2. The van der Waals surface area contributed by atoms with Gasteiger partial charge in [-0.3, -0.25) is 0 Å². The van der Waals surface area contributed by atoms with Gasteiger partial charge in [-0.05, 0) is 28.8 Å². The zero-order valence-corrected chi connectivity index (χ0v) is 14.2. The molecule has 122 valence electrons. The monoisotopic (exact) mass is 340 g/mol. The molecule has 0 amide bonds. The Labute approximate surface area is 142 Å². The van der Waals surface area contributed by atoms with E-state index in [-0.39, 0.29) is 4.86 Å². The largest absolute Gasteiger partial charge is 0.465 e. The molecule has 0 unspecified atom stereocenters. The van der Waals surface area contributed by atoms with Crippen LogP contribution in [0.4, 0.5) is 0 Å². The average molecular weight is 340 g/mol. The van der Waals surface area contributed by atoms with Gasteiger partial charge >= 0.3 is 11.9 Å². The number of hydrogen-bond donors (Lipinski definition) is 0. The van der Waals surface area contributed by atoms with Crippen molar-refractivity contribution in [3.8, 4) is 0 Å². The maximum absolute atomic E-state index is 12.3. The predicted molar refractivity (Wildman–Crippen MR) is 94.2 cm³/mol. The normalized spacial score (nSPS) is 12.8. The summed E-state index contributed by atoms with van der Waals surface area (Å²) in [6, 6.07) is 15.3. The molecule has 5 heteroatoms. The van der Waals surface area contributed by atoms with Gasteiger partial charge in [0.2, 0.25) is 0 Å². The summed E-state index contributed by atoms with van der Waals surface area (Å²) in [6.45, 7) is 4.18. The Kier molecular flexibility index (Phi) is 4.36. The van der Waals surface area contributed by atoms with Gasteiger partial charge in [0.1, 0.15) is 0 Å². The second-order valence-electron chi connectivity index (χ2n) is 5.09. The molecule has 0 atom stereocenters. The first kappa shape index (κ1) is 16.2. The van der Waals surface area contributed by atoms with E-state index < -0.39 is 22.4 Å². The van der Waals surface area contributed by atoms with Gasteiger partial charge in [0, 0.05) is 9.79 Å². The topological polar surface area (TPSA) is 52.6 Å². The van der Waals surface area contributed by atoms with E-state index in [0.717, 1.165) is 26.5 Å². The molecule has 0 fully saturated rings. The first-order chi connectivity index (χ1) is 11.6. The molecule has 1 aliphatic rings. The molecule has 0 saturated carbocycles. The molecular weight excluding hydrogens is 324 g/mol. The van der Waals surface area contributed by atoms with Crippen LogP contribution in [0.3, 0.4) is 0 Å². The van der Waals surface area contributed by atoms with Gasteiger partial charge < -0.3 is 9.47 Å². The van der Waals surface area contributed by atoms with E-state index in [1.807, 2.05) is 48.5 Å². The molecule has 4 nitrogen and oxygen atoms in total. The van der Waals surface area contributed by atoms with E-state index in [1.165, 1.54) is 14.2 Å². The summed E-state index contributed by atoms with van der Waals surface area (Å²) >= 11 is 0. The van der Waals surface area contributed by atoms with E-state index in [1.54, 1.807) is 0 Å². The number of ether oxygens (including phenoxy) is 2. The molecule has 0 spiro atoms. The van der Waals surface area contributed by atoms with Crippen molar-refractivity contribution in [2.24, 2.45) is 0 Å². The predicted octanol–water partition coefficient (Wildman–Crippen LogP) is 3.27. The van der Waals surface area contributed by atoms with Crippen molar-refractivity contribution in [1.29, 1.82) is 0 Å². The number of methoxy groups -OCH3 is 2. The van der Waals surface area contributed by atoms with E-state index in [2.05, 4.69) is 6.58 Å². The Morgan fingerprint density at radius 2 is 1.25 bits per heavy atom. The van der Waals surface area contributed by atoms with Gasteiger partial charge in [0.15, 0.2) is 4.86 Å². The van der Waals surface area contributed by atoms with Crippen molar-refractivity contribution < 1.29 is 19.1 Å². The molecule has 24 heavy (non-hydrogen) atoms. The van der Waals surface area contributed by atoms with Crippen LogP contribution in [0, 0.1) is 0 Å². The highest BCUT2D eigenvalue weighted by Gasteiger charge is 2.31. The molecule has 0 aromatic heterocycles. The van der Waals surface area contributed by atoms with Gasteiger partial charge in [0.25, 0.3) is 0 Å². The zero-order chi connectivity index (χ0) is 17.3. The third kappa shape index (κ3) is 2.47. The molecule has 2 aromatic rings. The maximum atomic E-state index is 12.3. The van der Waals surface area contributed by atoms with Crippen molar-refractivity contribution in [3.05, 3.63) is 66.2 Å². The molecule has 0 bridgehead atoms. The lowest BCUT2D eigenvalue weighted by Crippen LogP contribution is -2.27. The Morgan fingerprint density at radius 1 is 0.833 bits per heavy atom. The minimum Gasteiger partial charge on any atom is -0.465 e. The van der Waals surface area contributed by atoms with Crippen molar-refractivity contribution >= 4 is 32.9 Å². The maximum Gasteiger partial charge on any atom is 0.351 e. The highest BCUT2D eigenvalue weighted by molar-refractivity contribution is 8.18. The van der Waals surface area contributed by atoms with Crippen LogP contribution < -0.4 is 0 Å². The summed E-state index contributed by atoms with van der Waals surface area (Å²) in [5.74, 6) is -1.36. The van der Waals surface area contributed by atoms with Crippen molar-refractivity contribution in [2.45, 2.75) is 9.79 Å². The lowest BCUT2D eigenvalue weighted by atomic mass is 9.99. The van der Waals surface area contributed by atoms with Crippen LogP contribution >= 0.6 is 10.5 Å². The van der Waals surface area contributed by atoms with Crippen molar-refractivity contribution in [2.75, 3.05) is 14.2 Å². The third-order valence-electron chi connectivity index (χ3n) is 3.81. The molecule has 0 aliphatic carbocycles. The minimum atomic E-state index is -0.906. The van der Waals surface area contributed by atoms with Crippen molar-refractivity contribution in [1.82, 2.24) is 0 Å². The Morgan fingerprint density at radius 3 is 1.67 bits per heavy atom. The van der Waals surface area contributed by atoms with Crippen LogP contribution in [0.25, 0.3) is 5.57 Å². The fourth-order valence-corrected chi connectivity index (χ4v) is 5.14. The third-order valence-corrected chi connectivity index (χ3v) is 6.14. The van der Waals surface area contributed by atoms with Crippen LogP contribution in [0.15, 0.2) is 64.9 Å². The zero-order valence-electron chi connectivity index (χ0n) is 13.4. The van der Waals surface area contributed by atoms with E-state index in [9.17, 15) is 9.59 Å². The molecule has 1 aliphatic heterocycles. The summed E-state index contributed by atoms with van der Waals surface area (Å²) < 4.78 is 9.71. The van der Waals surface area contributed by atoms with Gasteiger partial charge in [0.05, 0.1) is 14.2 Å². The van der Waals surface area contributed by atoms with E-state index >= 15 is 0 Å². The summed E-state index contributed by atoms with van der Waals surface area (Å²) in [5, 5.41) is 0. The van der Waals surface area contributed by atoms with Gasteiger partial charge in [-0.15, -0.1) is 10.5 Å². The number of fused-ring (bicyclic) bond motifs is 2. The van der Waals surface area contributed by atoms with Gasteiger partial charge in [-0.2, -0.15) is 0 Å². The van der Waals surface area contributed by atoms with Crippen LogP contribution in [0.2, 0.25) is 0 Å². The molecule has 0 saturated heterocycles. The summed E-state index contributed by atoms with van der Waals surface area (Å²) in [5.41, 5.74) is 2.72. The molecule has 2 aromatic carbocycles. The Hall–Kier alpha value is -2.66. The van der Waals surface area contributed by atoms with Gasteiger partial charge in [-0.1, -0.05) is 43.0 Å². The second kappa shape index (κ2) is 6.45. The number of carbonyl (C=O) groups is 2. The first-order valence-electron chi connectivity index (χ1n) is 7.25. The molecule has 0 N–H and O–H groups in total. The Balaban J connectivity index is 2.45. The summed E-state index contributed by atoms with van der Waals surface area (Å²) in [7, 11) is 1.61. The van der Waals surface area contributed by atoms with Crippen LogP contribution in [0.1, 0.15) is 11.1 Å². The average Bonchev–Trinajstić information content (AvgIpc) is 2.64. The molecule has 1 heterocycles. The van der Waals surface area contributed by atoms with Crippen LogP contribution in [-0.4, -0.2) is 31.0 Å². The SMILES string of the molecule is C=C1c2ccccc2S(=C(C(=O)OC)C(=O)OC)c2ccccc21. The van der Waals surface area contributed by atoms with Crippen LogP contribution in [-0.2, 0) is 19.1 Å². The minimum absolute atomic E-state index is 0.00704. The number of carbonyl (C=O) groups excluding carboxylic acids is 2. The number of esters is 2. The molecule has 3 rings (SSSR count). The van der Waals surface area contributed by atoms with E-state index in [0.29, 0.717) is 0 Å². The fraction of sp³-hybridized carbons (Fsp3) is 0.105. The number of hydrogen-bond acceptors (Lipinski definition) is 4. The lowest BCUT2D eigenvalue weighted by molar-refractivity contribution is -0.137. The van der Waals surface area contributed by atoms with Crippen molar-refractivity contribution in [3.63, 3.8) is 0 Å². The number of rotatable bonds is 2.